The first-order valence-electron chi connectivity index (χ1n) is 9.81. The van der Waals surface area contributed by atoms with E-state index in [0.717, 1.165) is 18.6 Å². The van der Waals surface area contributed by atoms with Crippen molar-refractivity contribution in [2.24, 2.45) is 5.92 Å². The van der Waals surface area contributed by atoms with Crippen molar-refractivity contribution >= 4 is 0 Å². The number of methoxy groups -OCH3 is 1. The van der Waals surface area contributed by atoms with Crippen molar-refractivity contribution in [1.29, 1.82) is 0 Å². The molecule has 3 fully saturated rings. The number of hydrogen-bond acceptors (Lipinski definition) is 3. The molecule has 0 N–H and O–H groups in total. The molecule has 3 heteroatoms. The van der Waals surface area contributed by atoms with Crippen LogP contribution < -0.4 is 4.74 Å². The first kappa shape index (κ1) is 15.2. The van der Waals surface area contributed by atoms with E-state index in [9.17, 15) is 0 Å². The lowest BCUT2D eigenvalue weighted by Gasteiger charge is -2.43. The Hall–Kier alpha value is -1.84. The highest BCUT2D eigenvalue weighted by Gasteiger charge is 2.69. The van der Waals surface area contributed by atoms with Crippen molar-refractivity contribution in [1.82, 2.24) is 0 Å². The lowest BCUT2D eigenvalue weighted by molar-refractivity contribution is -0.131. The number of benzene rings is 2. The second kappa shape index (κ2) is 5.11. The van der Waals surface area contributed by atoms with Gasteiger partial charge >= 0.3 is 0 Å². The minimum Gasteiger partial charge on any atom is -0.497 e. The van der Waals surface area contributed by atoms with Gasteiger partial charge in [0.05, 0.1) is 25.4 Å². The molecule has 2 aromatic rings. The Labute approximate surface area is 154 Å². The Morgan fingerprint density at radius 1 is 1.12 bits per heavy atom. The van der Waals surface area contributed by atoms with E-state index >= 15 is 0 Å². The van der Waals surface area contributed by atoms with Crippen LogP contribution in [-0.2, 0) is 15.1 Å². The van der Waals surface area contributed by atoms with Crippen molar-refractivity contribution < 1.29 is 14.2 Å². The number of rotatable bonds is 2. The van der Waals surface area contributed by atoms with Gasteiger partial charge in [0.15, 0.2) is 0 Å². The van der Waals surface area contributed by atoms with Gasteiger partial charge in [0.1, 0.15) is 11.4 Å². The third kappa shape index (κ3) is 1.76. The molecule has 2 saturated heterocycles. The van der Waals surface area contributed by atoms with Gasteiger partial charge in [-0.2, -0.15) is 0 Å². The van der Waals surface area contributed by atoms with Crippen LogP contribution in [0.2, 0.25) is 0 Å². The first-order chi connectivity index (χ1) is 12.8. The Balaban J connectivity index is 1.57. The molecule has 1 saturated carbocycles. The van der Waals surface area contributed by atoms with Gasteiger partial charge in [0.2, 0.25) is 0 Å². The molecule has 26 heavy (non-hydrogen) atoms. The van der Waals surface area contributed by atoms with Gasteiger partial charge < -0.3 is 14.2 Å². The van der Waals surface area contributed by atoms with E-state index in [1.807, 2.05) is 0 Å². The third-order valence-corrected chi connectivity index (χ3v) is 7.29. The largest absolute Gasteiger partial charge is 0.497 e. The van der Waals surface area contributed by atoms with E-state index in [4.69, 9.17) is 14.2 Å². The number of hydrogen-bond donors (Lipinski definition) is 0. The summed E-state index contributed by atoms with van der Waals surface area (Å²) in [5.41, 5.74) is 3.77. The van der Waals surface area contributed by atoms with E-state index in [-0.39, 0.29) is 23.2 Å². The van der Waals surface area contributed by atoms with Crippen LogP contribution in [0.1, 0.15) is 54.4 Å². The zero-order valence-corrected chi connectivity index (χ0v) is 15.1. The normalized spacial score (nSPS) is 39.3. The molecule has 134 valence electrons. The molecule has 3 aliphatic heterocycles. The minimum atomic E-state index is -0.160. The monoisotopic (exact) mass is 348 g/mol. The van der Waals surface area contributed by atoms with Crippen LogP contribution in [0.15, 0.2) is 48.5 Å². The molecular weight excluding hydrogens is 324 g/mol. The summed E-state index contributed by atoms with van der Waals surface area (Å²) in [5, 5.41) is 0. The summed E-state index contributed by atoms with van der Waals surface area (Å²) in [7, 11) is 1.75. The lowest BCUT2D eigenvalue weighted by atomic mass is 9.74. The molecule has 5 atom stereocenters. The molecule has 4 aliphatic rings. The van der Waals surface area contributed by atoms with E-state index in [2.05, 4.69) is 48.5 Å². The van der Waals surface area contributed by atoms with Crippen LogP contribution in [-0.4, -0.2) is 19.3 Å². The maximum absolute atomic E-state index is 7.02. The fourth-order valence-corrected chi connectivity index (χ4v) is 6.33. The second-order valence-electron chi connectivity index (χ2n) is 8.42. The fourth-order valence-electron chi connectivity index (χ4n) is 6.33. The first-order valence-corrected chi connectivity index (χ1v) is 9.81. The van der Waals surface area contributed by atoms with Crippen LogP contribution in [0.3, 0.4) is 0 Å². The van der Waals surface area contributed by atoms with Gasteiger partial charge in [-0.25, -0.2) is 0 Å². The predicted octanol–water partition coefficient (Wildman–Crippen LogP) is 4.72. The minimum absolute atomic E-state index is 0.0690. The van der Waals surface area contributed by atoms with Gasteiger partial charge in [-0.05, 0) is 60.4 Å². The summed E-state index contributed by atoms with van der Waals surface area (Å²) >= 11 is 0. The zero-order valence-electron chi connectivity index (χ0n) is 15.1. The summed E-state index contributed by atoms with van der Waals surface area (Å²) in [6.45, 7) is 0.709. The average Bonchev–Trinajstić information content (AvgIpc) is 3.32. The van der Waals surface area contributed by atoms with Crippen molar-refractivity contribution in [3.05, 3.63) is 65.2 Å². The second-order valence-corrected chi connectivity index (χ2v) is 8.42. The molecule has 3 heterocycles. The molecule has 0 unspecified atom stereocenters. The van der Waals surface area contributed by atoms with Crippen LogP contribution >= 0.6 is 0 Å². The fraction of sp³-hybridized carbons (Fsp3) is 0.478. The van der Waals surface area contributed by atoms with E-state index in [1.165, 1.54) is 29.5 Å². The summed E-state index contributed by atoms with van der Waals surface area (Å²) in [4.78, 5) is 0. The molecule has 0 amide bonds. The van der Waals surface area contributed by atoms with Gasteiger partial charge in [0, 0.05) is 5.92 Å². The van der Waals surface area contributed by atoms with Crippen LogP contribution in [0.5, 0.6) is 5.75 Å². The van der Waals surface area contributed by atoms with Crippen LogP contribution in [0.4, 0.5) is 0 Å². The summed E-state index contributed by atoms with van der Waals surface area (Å²) < 4.78 is 19.0. The van der Waals surface area contributed by atoms with Gasteiger partial charge in [-0.3, -0.25) is 0 Å². The lowest BCUT2D eigenvalue weighted by Crippen LogP contribution is -2.44. The zero-order chi connectivity index (χ0) is 17.4. The molecule has 0 radical (unpaired) electrons. The Morgan fingerprint density at radius 3 is 2.85 bits per heavy atom. The van der Waals surface area contributed by atoms with Gasteiger partial charge in [0.25, 0.3) is 0 Å². The molecule has 1 aliphatic carbocycles. The van der Waals surface area contributed by atoms with Crippen molar-refractivity contribution in [2.45, 2.75) is 48.9 Å². The van der Waals surface area contributed by atoms with Crippen LogP contribution in [0.25, 0.3) is 0 Å². The summed E-state index contributed by atoms with van der Waals surface area (Å²) in [6.07, 6.45) is 4.84. The summed E-state index contributed by atoms with van der Waals surface area (Å²) in [5.74, 6) is 1.81. The highest BCUT2D eigenvalue weighted by Crippen LogP contribution is 2.69. The predicted molar refractivity (Wildman–Crippen MR) is 98.3 cm³/mol. The van der Waals surface area contributed by atoms with Crippen molar-refractivity contribution in [3.8, 4) is 5.75 Å². The molecule has 2 bridgehead atoms. The standard InChI is InChI=1S/C23H24O3/c1-24-17-9-10-18-19(12-17)23-11-5-8-16(23)13-22(26-23)14-25-21(20(18)22)15-6-3-2-4-7-15/h2-4,6-7,9-10,12,16,20-21H,5,8,11,13-14H2,1H3/t16-,20+,21-,22-,23-/m0/s1. The van der Waals surface area contributed by atoms with E-state index < -0.39 is 0 Å². The number of fused-ring (bicyclic) bond motifs is 2. The molecule has 2 aromatic carbocycles. The molecule has 2 spiro atoms. The van der Waals surface area contributed by atoms with Crippen molar-refractivity contribution in [2.75, 3.05) is 13.7 Å². The third-order valence-electron chi connectivity index (χ3n) is 7.29. The SMILES string of the molecule is COc1ccc2c(c1)[C@]13CCC[C@H]1C[C@@]1(CO[C@@H](c4ccccc4)[C@@H]21)O3. The Morgan fingerprint density at radius 2 is 2.00 bits per heavy atom. The maximum atomic E-state index is 7.02. The van der Waals surface area contributed by atoms with E-state index in [0.29, 0.717) is 12.5 Å². The van der Waals surface area contributed by atoms with Gasteiger partial charge in [-0.15, -0.1) is 0 Å². The molecule has 6 rings (SSSR count). The number of ether oxygens (including phenoxy) is 3. The Bertz CT molecular complexity index is 863. The highest BCUT2D eigenvalue weighted by atomic mass is 16.6. The average molecular weight is 348 g/mol. The van der Waals surface area contributed by atoms with Crippen LogP contribution in [0, 0.1) is 5.92 Å². The maximum Gasteiger partial charge on any atom is 0.119 e. The molecule has 3 nitrogen and oxygen atoms in total. The van der Waals surface area contributed by atoms with E-state index in [1.54, 1.807) is 7.11 Å². The topological polar surface area (TPSA) is 27.7 Å². The Kier molecular flexibility index (Phi) is 3.00. The smallest absolute Gasteiger partial charge is 0.119 e. The molecular formula is C23H24O3. The highest BCUT2D eigenvalue weighted by molar-refractivity contribution is 5.50. The molecule has 0 aromatic heterocycles. The summed E-state index contributed by atoms with van der Waals surface area (Å²) in [6, 6.07) is 17.3. The quantitative estimate of drug-likeness (QED) is 0.786. The van der Waals surface area contributed by atoms with Gasteiger partial charge in [-0.1, -0.05) is 36.4 Å². The van der Waals surface area contributed by atoms with Crippen molar-refractivity contribution in [3.63, 3.8) is 0 Å².